The van der Waals surface area contributed by atoms with Crippen molar-refractivity contribution in [3.8, 4) is 0 Å². The molecule has 1 heterocycles. The molecule has 0 aliphatic carbocycles. The fraction of sp³-hybridized carbons (Fsp3) is 0.600. The molecule has 6 heteroatoms. The Bertz CT molecular complexity index is 323. The molecule has 0 bridgehead atoms. The van der Waals surface area contributed by atoms with E-state index in [1.54, 1.807) is 14.0 Å². The summed E-state index contributed by atoms with van der Waals surface area (Å²) in [5.74, 6) is -0.888. The van der Waals surface area contributed by atoms with Crippen molar-refractivity contribution in [3.05, 3.63) is 11.5 Å². The van der Waals surface area contributed by atoms with E-state index in [2.05, 4.69) is 0 Å². The maximum absolute atomic E-state index is 11.5. The summed E-state index contributed by atoms with van der Waals surface area (Å²) in [6.07, 6.45) is 0. The normalized spacial score (nSPS) is 15.1. The van der Waals surface area contributed by atoms with Crippen molar-refractivity contribution < 1.29 is 24.2 Å². The molecular formula is C10H15NO5. The van der Waals surface area contributed by atoms with Crippen molar-refractivity contribution in [2.45, 2.75) is 6.92 Å². The Morgan fingerprint density at radius 2 is 2.31 bits per heavy atom. The number of rotatable bonds is 5. The van der Waals surface area contributed by atoms with E-state index >= 15 is 0 Å². The van der Waals surface area contributed by atoms with E-state index in [0.29, 0.717) is 0 Å². The number of ether oxygens (including phenoxy) is 2. The number of esters is 1. The van der Waals surface area contributed by atoms with Crippen LogP contribution in [0.1, 0.15) is 6.92 Å². The van der Waals surface area contributed by atoms with Crippen molar-refractivity contribution in [1.29, 1.82) is 0 Å². The first kappa shape index (κ1) is 12.5. The molecule has 16 heavy (non-hydrogen) atoms. The lowest BCUT2D eigenvalue weighted by atomic mass is 10.2. The Morgan fingerprint density at radius 1 is 1.62 bits per heavy atom. The molecule has 1 aliphatic rings. The van der Waals surface area contributed by atoms with Crippen molar-refractivity contribution >= 4 is 11.8 Å². The molecule has 1 aliphatic heterocycles. The van der Waals surface area contributed by atoms with Crippen LogP contribution in [0.25, 0.3) is 0 Å². The first-order chi connectivity index (χ1) is 7.61. The predicted molar refractivity (Wildman–Crippen MR) is 54.3 cm³/mol. The van der Waals surface area contributed by atoms with Crippen LogP contribution < -0.4 is 0 Å². The Balaban J connectivity index is 2.90. The van der Waals surface area contributed by atoms with Gasteiger partial charge < -0.3 is 19.5 Å². The molecule has 0 unspecified atom stereocenters. The van der Waals surface area contributed by atoms with E-state index in [1.165, 1.54) is 4.90 Å². The third kappa shape index (κ3) is 2.52. The van der Waals surface area contributed by atoms with Gasteiger partial charge in [-0.25, -0.2) is 4.79 Å². The van der Waals surface area contributed by atoms with Gasteiger partial charge in [0.15, 0.2) is 12.2 Å². The lowest BCUT2D eigenvalue weighted by molar-refractivity contribution is -0.139. The summed E-state index contributed by atoms with van der Waals surface area (Å²) in [6, 6.07) is 0. The van der Waals surface area contributed by atoms with Crippen molar-refractivity contribution in [2.75, 3.05) is 33.4 Å². The van der Waals surface area contributed by atoms with Crippen LogP contribution in [-0.4, -0.2) is 55.2 Å². The topological polar surface area (TPSA) is 76.1 Å². The molecule has 90 valence electrons. The van der Waals surface area contributed by atoms with Crippen LogP contribution in [0.2, 0.25) is 0 Å². The summed E-state index contributed by atoms with van der Waals surface area (Å²) in [4.78, 5) is 24.5. The highest BCUT2D eigenvalue weighted by Gasteiger charge is 2.33. The van der Waals surface area contributed by atoms with Crippen LogP contribution in [0, 0.1) is 0 Å². The first-order valence-corrected chi connectivity index (χ1v) is 5.01. The second-order valence-electron chi connectivity index (χ2n) is 3.26. The van der Waals surface area contributed by atoms with Gasteiger partial charge in [0.25, 0.3) is 0 Å². The van der Waals surface area contributed by atoms with E-state index in [4.69, 9.17) is 14.6 Å². The number of hydrogen-bond donors (Lipinski definition) is 1. The van der Waals surface area contributed by atoms with E-state index in [0.717, 1.165) is 0 Å². The summed E-state index contributed by atoms with van der Waals surface area (Å²) in [6.45, 7) is 1.90. The minimum atomic E-state index is -0.676. The van der Waals surface area contributed by atoms with E-state index in [9.17, 15) is 9.59 Å². The number of likely N-dealkylation sites (N-methyl/N-ethyl adjacent to an activating group) is 1. The second-order valence-corrected chi connectivity index (χ2v) is 3.26. The van der Waals surface area contributed by atoms with E-state index in [-0.39, 0.29) is 37.8 Å². The molecule has 0 atom stereocenters. The van der Waals surface area contributed by atoms with Crippen molar-refractivity contribution in [2.24, 2.45) is 0 Å². The number of carbonyl (C=O) groups excluding carboxylic acids is 2. The highest BCUT2D eigenvalue weighted by atomic mass is 16.5. The van der Waals surface area contributed by atoms with Gasteiger partial charge in [-0.2, -0.15) is 0 Å². The lowest BCUT2D eigenvalue weighted by Crippen LogP contribution is -2.25. The Hall–Kier alpha value is -1.56. The van der Waals surface area contributed by atoms with Crippen LogP contribution in [0.15, 0.2) is 11.5 Å². The first-order valence-electron chi connectivity index (χ1n) is 5.01. The van der Waals surface area contributed by atoms with Gasteiger partial charge in [0, 0.05) is 13.6 Å². The molecule has 1 rings (SSSR count). The number of hydrogen-bond acceptors (Lipinski definition) is 6. The standard InChI is InChI=1S/C10H15NO5/c1-3-15-10(14)8-7(13)6-16-9(8)11(2)4-5-12/h12H,3-6H2,1-2H3. The van der Waals surface area contributed by atoms with Gasteiger partial charge in [-0.15, -0.1) is 0 Å². The highest BCUT2D eigenvalue weighted by Crippen LogP contribution is 2.20. The summed E-state index contributed by atoms with van der Waals surface area (Å²) >= 11 is 0. The zero-order chi connectivity index (χ0) is 12.1. The van der Waals surface area contributed by atoms with Gasteiger partial charge in [-0.1, -0.05) is 0 Å². The molecule has 0 aromatic heterocycles. The van der Waals surface area contributed by atoms with Gasteiger partial charge in [0.1, 0.15) is 0 Å². The molecule has 0 saturated heterocycles. The molecule has 0 aromatic carbocycles. The minimum absolute atomic E-state index is 0.0715. The molecule has 0 fully saturated rings. The zero-order valence-electron chi connectivity index (χ0n) is 9.36. The van der Waals surface area contributed by atoms with Crippen LogP contribution in [0.5, 0.6) is 0 Å². The SMILES string of the molecule is CCOC(=O)C1=C(N(C)CCO)OCC1=O. The number of nitrogens with zero attached hydrogens (tertiary/aromatic N) is 1. The lowest BCUT2D eigenvalue weighted by Gasteiger charge is -2.18. The van der Waals surface area contributed by atoms with E-state index < -0.39 is 11.8 Å². The average molecular weight is 229 g/mol. The number of aliphatic hydroxyl groups is 1. The minimum Gasteiger partial charge on any atom is -0.470 e. The molecule has 1 N–H and O–H groups in total. The quantitative estimate of drug-likeness (QED) is 0.495. The molecule has 6 nitrogen and oxygen atoms in total. The summed E-state index contributed by atoms with van der Waals surface area (Å²) < 4.78 is 9.87. The molecule has 0 amide bonds. The second kappa shape index (κ2) is 5.50. The molecule has 0 spiro atoms. The average Bonchev–Trinajstić information content (AvgIpc) is 2.61. The van der Waals surface area contributed by atoms with E-state index in [1.807, 2.05) is 0 Å². The number of carbonyl (C=O) groups is 2. The summed E-state index contributed by atoms with van der Waals surface area (Å²) in [5.41, 5.74) is -0.0715. The van der Waals surface area contributed by atoms with Gasteiger partial charge >= 0.3 is 5.97 Å². The molecule has 0 radical (unpaired) electrons. The fourth-order valence-electron chi connectivity index (χ4n) is 1.35. The van der Waals surface area contributed by atoms with Gasteiger partial charge in [-0.3, -0.25) is 4.79 Å². The van der Waals surface area contributed by atoms with Gasteiger partial charge in [0.2, 0.25) is 11.7 Å². The summed E-state index contributed by atoms with van der Waals surface area (Å²) in [5, 5.41) is 8.77. The predicted octanol–water partition coefficient (Wildman–Crippen LogP) is -0.716. The monoisotopic (exact) mass is 229 g/mol. The maximum Gasteiger partial charge on any atom is 0.347 e. The van der Waals surface area contributed by atoms with Crippen LogP contribution in [0.4, 0.5) is 0 Å². The Morgan fingerprint density at radius 3 is 2.88 bits per heavy atom. The summed E-state index contributed by atoms with van der Waals surface area (Å²) in [7, 11) is 1.63. The van der Waals surface area contributed by atoms with Crippen molar-refractivity contribution in [3.63, 3.8) is 0 Å². The highest BCUT2D eigenvalue weighted by molar-refractivity contribution is 6.19. The molecule has 0 aromatic rings. The largest absolute Gasteiger partial charge is 0.470 e. The number of Topliss-reactive ketones (excluding diaryl/α,β-unsaturated/α-hetero) is 1. The van der Waals surface area contributed by atoms with Crippen LogP contribution >= 0.6 is 0 Å². The molecule has 0 saturated carbocycles. The van der Waals surface area contributed by atoms with Gasteiger partial charge in [-0.05, 0) is 6.92 Å². The number of ketones is 1. The van der Waals surface area contributed by atoms with Crippen LogP contribution in [-0.2, 0) is 19.1 Å². The van der Waals surface area contributed by atoms with Crippen LogP contribution in [0.3, 0.4) is 0 Å². The smallest absolute Gasteiger partial charge is 0.347 e. The maximum atomic E-state index is 11.5. The van der Waals surface area contributed by atoms with Crippen molar-refractivity contribution in [1.82, 2.24) is 4.90 Å². The number of aliphatic hydroxyl groups excluding tert-OH is 1. The third-order valence-electron chi connectivity index (χ3n) is 2.09. The Labute approximate surface area is 93.4 Å². The fourth-order valence-corrected chi connectivity index (χ4v) is 1.35. The van der Waals surface area contributed by atoms with Gasteiger partial charge in [0.05, 0.1) is 13.2 Å². The zero-order valence-corrected chi connectivity index (χ0v) is 9.36. The Kier molecular flexibility index (Phi) is 4.30. The molecular weight excluding hydrogens is 214 g/mol. The third-order valence-corrected chi connectivity index (χ3v) is 2.09.